The van der Waals surface area contributed by atoms with Crippen LogP contribution in [0.15, 0.2) is 0 Å². The molecule has 0 spiro atoms. The minimum atomic E-state index is -1.15. The zero-order valence-corrected chi connectivity index (χ0v) is 19.6. The second-order valence-corrected chi connectivity index (χ2v) is 16.2. The van der Waals surface area contributed by atoms with Gasteiger partial charge in [-0.05, 0) is 36.8 Å². The molecule has 0 saturated carbocycles. The summed E-state index contributed by atoms with van der Waals surface area (Å²) in [6.45, 7) is 15.9. The van der Waals surface area contributed by atoms with Gasteiger partial charge in [0, 0.05) is 0 Å². The quantitative estimate of drug-likeness (QED) is 0.208. The first-order valence-electron chi connectivity index (χ1n) is 10.9. The lowest BCUT2D eigenvalue weighted by molar-refractivity contribution is 0.604. The van der Waals surface area contributed by atoms with E-state index in [4.69, 9.17) is 0 Å². The smallest absolute Gasteiger partial charge is 0.120 e. The van der Waals surface area contributed by atoms with Gasteiger partial charge in [0.05, 0.1) is 0 Å². The van der Waals surface area contributed by atoms with Crippen molar-refractivity contribution in [1.29, 1.82) is 0 Å². The SMILES string of the molecule is CCCCCC[SiH](CCCCCC)N(CC)[Si](CC)(CC)CC. The summed E-state index contributed by atoms with van der Waals surface area (Å²) in [5.41, 5.74) is 0. The molecule has 0 fully saturated rings. The number of unbranched alkanes of at least 4 members (excludes halogenated alkanes) is 6. The number of hydrogen-bond acceptors (Lipinski definition) is 1. The Hall–Kier alpha value is 0.394. The summed E-state index contributed by atoms with van der Waals surface area (Å²) in [7, 11) is -1.87. The van der Waals surface area contributed by atoms with Crippen molar-refractivity contribution in [2.24, 2.45) is 0 Å². The second-order valence-electron chi connectivity index (χ2n) is 7.42. The van der Waals surface area contributed by atoms with Crippen molar-refractivity contribution in [3.8, 4) is 0 Å². The lowest BCUT2D eigenvalue weighted by atomic mass is 10.2. The average molecular weight is 358 g/mol. The summed E-state index contributed by atoms with van der Waals surface area (Å²) < 4.78 is 3.19. The Balaban J connectivity index is 4.85. The molecule has 0 aliphatic rings. The lowest BCUT2D eigenvalue weighted by Gasteiger charge is -2.45. The van der Waals surface area contributed by atoms with E-state index in [-0.39, 0.29) is 0 Å². The first-order chi connectivity index (χ1) is 11.2. The van der Waals surface area contributed by atoms with E-state index in [9.17, 15) is 0 Å². The van der Waals surface area contributed by atoms with E-state index in [0.717, 1.165) is 0 Å². The third kappa shape index (κ3) is 8.35. The monoisotopic (exact) mass is 357 g/mol. The van der Waals surface area contributed by atoms with Gasteiger partial charge in [0.2, 0.25) is 0 Å². The second kappa shape index (κ2) is 14.7. The normalized spacial score (nSPS) is 12.5. The van der Waals surface area contributed by atoms with Crippen molar-refractivity contribution in [2.75, 3.05) is 6.54 Å². The van der Waals surface area contributed by atoms with Crippen LogP contribution in [0.5, 0.6) is 0 Å². The highest BCUT2D eigenvalue weighted by atomic mass is 28.4. The largest absolute Gasteiger partial charge is 0.348 e. The van der Waals surface area contributed by atoms with Crippen LogP contribution in [0.3, 0.4) is 0 Å². The molecule has 0 aromatic rings. The van der Waals surface area contributed by atoms with Gasteiger partial charge in [0.15, 0.2) is 0 Å². The molecular weight excluding hydrogens is 310 g/mol. The molecule has 0 aliphatic carbocycles. The summed E-state index contributed by atoms with van der Waals surface area (Å²) in [4.78, 5) is 0. The molecule has 3 heteroatoms. The predicted octanol–water partition coefficient (Wildman–Crippen LogP) is 7.20. The maximum Gasteiger partial charge on any atom is 0.120 e. The molecule has 0 aromatic heterocycles. The van der Waals surface area contributed by atoms with E-state index in [1.165, 1.54) is 76.0 Å². The van der Waals surface area contributed by atoms with Gasteiger partial charge in [-0.15, -0.1) is 0 Å². The van der Waals surface area contributed by atoms with Crippen LogP contribution in [-0.2, 0) is 0 Å². The number of hydrogen-bond donors (Lipinski definition) is 0. The lowest BCUT2D eigenvalue weighted by Crippen LogP contribution is -2.58. The van der Waals surface area contributed by atoms with Gasteiger partial charge in [-0.2, -0.15) is 0 Å². The standard InChI is InChI=1S/C20H47NSi2/c1-7-13-15-17-19-22(20-18-16-14-8-2)21(9-3)23(10-4,11-5)12-6/h22H,7-20H2,1-6H3. The number of nitrogens with zero attached hydrogens (tertiary/aromatic N) is 1. The van der Waals surface area contributed by atoms with E-state index < -0.39 is 17.2 Å². The first kappa shape index (κ1) is 23.4. The molecule has 0 aromatic carbocycles. The van der Waals surface area contributed by atoms with E-state index in [1.54, 1.807) is 12.1 Å². The van der Waals surface area contributed by atoms with Gasteiger partial charge >= 0.3 is 0 Å². The molecule has 0 heterocycles. The Morgan fingerprint density at radius 2 is 1.04 bits per heavy atom. The fraction of sp³-hybridized carbons (Fsp3) is 1.00. The summed E-state index contributed by atoms with van der Waals surface area (Å²) >= 11 is 0. The zero-order valence-electron chi connectivity index (χ0n) is 17.4. The minimum absolute atomic E-state index is 0.717. The Morgan fingerprint density at radius 1 is 0.609 bits per heavy atom. The topological polar surface area (TPSA) is 3.24 Å². The van der Waals surface area contributed by atoms with Crippen LogP contribution in [0.25, 0.3) is 0 Å². The molecule has 23 heavy (non-hydrogen) atoms. The summed E-state index contributed by atoms with van der Waals surface area (Å²) in [6.07, 6.45) is 11.6. The van der Waals surface area contributed by atoms with Crippen LogP contribution in [0.2, 0.25) is 30.2 Å². The molecule has 0 saturated heterocycles. The fourth-order valence-electron chi connectivity index (χ4n) is 4.41. The Kier molecular flexibility index (Phi) is 15.0. The fourth-order valence-corrected chi connectivity index (χ4v) is 16.3. The van der Waals surface area contributed by atoms with E-state index >= 15 is 0 Å². The van der Waals surface area contributed by atoms with E-state index in [2.05, 4.69) is 45.8 Å². The summed E-state index contributed by atoms with van der Waals surface area (Å²) in [5, 5.41) is 0. The third-order valence-electron chi connectivity index (χ3n) is 6.15. The Bertz CT molecular complexity index is 234. The molecule has 0 rings (SSSR count). The highest BCUT2D eigenvalue weighted by Gasteiger charge is 2.37. The highest BCUT2D eigenvalue weighted by Crippen LogP contribution is 2.29. The average Bonchev–Trinajstić information content (AvgIpc) is 2.59. The van der Waals surface area contributed by atoms with Crippen molar-refractivity contribution in [3.63, 3.8) is 0 Å². The van der Waals surface area contributed by atoms with Gasteiger partial charge in [-0.3, -0.25) is 0 Å². The first-order valence-corrected chi connectivity index (χ1v) is 15.6. The molecule has 0 bridgehead atoms. The van der Waals surface area contributed by atoms with Crippen LogP contribution in [0, 0.1) is 0 Å². The molecule has 0 amide bonds. The van der Waals surface area contributed by atoms with Crippen molar-refractivity contribution in [1.82, 2.24) is 4.23 Å². The van der Waals surface area contributed by atoms with E-state index in [0.29, 0.717) is 0 Å². The van der Waals surface area contributed by atoms with Gasteiger partial charge in [0.1, 0.15) is 17.2 Å². The summed E-state index contributed by atoms with van der Waals surface area (Å²) in [5.74, 6) is 0. The Labute approximate surface area is 151 Å². The molecule has 1 nitrogen and oxygen atoms in total. The molecule has 0 radical (unpaired) electrons. The molecule has 0 aliphatic heterocycles. The maximum atomic E-state index is 3.19. The van der Waals surface area contributed by atoms with Crippen molar-refractivity contribution >= 4 is 17.2 Å². The number of rotatable bonds is 16. The third-order valence-corrected chi connectivity index (χ3v) is 17.8. The van der Waals surface area contributed by atoms with Crippen molar-refractivity contribution < 1.29 is 0 Å². The van der Waals surface area contributed by atoms with Crippen LogP contribution in [0.4, 0.5) is 0 Å². The van der Waals surface area contributed by atoms with Crippen LogP contribution in [0.1, 0.15) is 92.9 Å². The van der Waals surface area contributed by atoms with Crippen LogP contribution in [-0.4, -0.2) is 28.0 Å². The molecule has 0 N–H and O–H groups in total. The molecule has 140 valence electrons. The van der Waals surface area contributed by atoms with Crippen molar-refractivity contribution in [2.45, 2.75) is 123 Å². The molecule has 0 unspecified atom stereocenters. The molecule has 0 atom stereocenters. The Morgan fingerprint density at radius 3 is 1.35 bits per heavy atom. The van der Waals surface area contributed by atoms with Crippen LogP contribution < -0.4 is 0 Å². The zero-order chi connectivity index (χ0) is 17.6. The minimum Gasteiger partial charge on any atom is -0.348 e. The van der Waals surface area contributed by atoms with Gasteiger partial charge in [-0.1, -0.05) is 92.9 Å². The summed E-state index contributed by atoms with van der Waals surface area (Å²) in [6, 6.07) is 7.60. The van der Waals surface area contributed by atoms with Crippen molar-refractivity contribution in [3.05, 3.63) is 0 Å². The van der Waals surface area contributed by atoms with Gasteiger partial charge in [0.25, 0.3) is 0 Å². The van der Waals surface area contributed by atoms with E-state index in [1.807, 2.05) is 0 Å². The maximum absolute atomic E-state index is 3.19. The predicted molar refractivity (Wildman–Crippen MR) is 115 cm³/mol. The molecular formula is C20H47NSi2. The van der Waals surface area contributed by atoms with Crippen LogP contribution >= 0.6 is 0 Å². The van der Waals surface area contributed by atoms with Gasteiger partial charge < -0.3 is 4.23 Å². The highest BCUT2D eigenvalue weighted by molar-refractivity contribution is 6.85. The van der Waals surface area contributed by atoms with Gasteiger partial charge in [-0.25, -0.2) is 0 Å².